The molecule has 1 heterocycles. The summed E-state index contributed by atoms with van der Waals surface area (Å²) in [5.41, 5.74) is 3.64. The van der Waals surface area contributed by atoms with Gasteiger partial charge in [-0.15, -0.1) is 11.6 Å². The van der Waals surface area contributed by atoms with Crippen molar-refractivity contribution in [2.75, 3.05) is 24.4 Å². The molecule has 3 heteroatoms. The zero-order chi connectivity index (χ0) is 10.8. The summed E-state index contributed by atoms with van der Waals surface area (Å²) in [7, 11) is 2.07. The summed E-state index contributed by atoms with van der Waals surface area (Å²) in [4.78, 5) is 5.58. The summed E-state index contributed by atoms with van der Waals surface area (Å²) in [6.07, 6.45) is 0. The minimum atomic E-state index is 0.648. The highest BCUT2D eigenvalue weighted by atomic mass is 35.5. The Morgan fingerprint density at radius 3 is 2.80 bits per heavy atom. The summed E-state index contributed by atoms with van der Waals surface area (Å²) < 4.78 is 0. The first-order chi connectivity index (χ1) is 7.24. The van der Waals surface area contributed by atoms with Crippen LogP contribution in [-0.2, 0) is 0 Å². The van der Waals surface area contributed by atoms with E-state index in [1.807, 2.05) is 6.07 Å². The third-order valence-electron chi connectivity index (χ3n) is 2.66. The lowest BCUT2D eigenvalue weighted by atomic mass is 10.2. The van der Waals surface area contributed by atoms with Crippen LogP contribution in [0.15, 0.2) is 24.3 Å². The Morgan fingerprint density at radius 1 is 1.33 bits per heavy atom. The van der Waals surface area contributed by atoms with E-state index in [0.717, 1.165) is 6.54 Å². The number of para-hydroxylation sites is 1. The number of hydrogen-bond acceptors (Lipinski definition) is 1. The van der Waals surface area contributed by atoms with Crippen molar-refractivity contribution in [2.24, 2.45) is 0 Å². The molecule has 0 aliphatic carbocycles. The smallest absolute Gasteiger partial charge is 0.0652 e. The van der Waals surface area contributed by atoms with E-state index in [1.165, 1.54) is 22.3 Å². The normalized spacial score (nSPS) is 10.9. The molecule has 1 N–H and O–H groups in total. The third kappa shape index (κ3) is 1.82. The minimum Gasteiger partial charge on any atom is -0.371 e. The molecule has 0 unspecified atom stereocenters. The van der Waals surface area contributed by atoms with Crippen molar-refractivity contribution in [2.45, 2.75) is 6.92 Å². The number of rotatable bonds is 3. The summed E-state index contributed by atoms with van der Waals surface area (Å²) in [5.74, 6) is 0.648. The summed E-state index contributed by atoms with van der Waals surface area (Å²) >= 11 is 5.76. The lowest BCUT2D eigenvalue weighted by Crippen LogP contribution is -2.19. The largest absolute Gasteiger partial charge is 0.371 e. The molecule has 1 aromatic carbocycles. The molecule has 0 amide bonds. The number of H-pyrrole nitrogens is 1. The molecule has 80 valence electrons. The molecule has 15 heavy (non-hydrogen) atoms. The van der Waals surface area contributed by atoms with Gasteiger partial charge in [0.15, 0.2) is 0 Å². The maximum Gasteiger partial charge on any atom is 0.0652 e. The lowest BCUT2D eigenvalue weighted by Gasteiger charge is -2.18. The first-order valence-electron chi connectivity index (χ1n) is 5.08. The van der Waals surface area contributed by atoms with E-state index >= 15 is 0 Å². The quantitative estimate of drug-likeness (QED) is 0.791. The van der Waals surface area contributed by atoms with Gasteiger partial charge >= 0.3 is 0 Å². The Hall–Kier alpha value is -1.15. The van der Waals surface area contributed by atoms with E-state index in [1.54, 1.807) is 0 Å². The van der Waals surface area contributed by atoms with E-state index < -0.39 is 0 Å². The van der Waals surface area contributed by atoms with Crippen LogP contribution in [0.4, 0.5) is 5.69 Å². The average Bonchev–Trinajstić information content (AvgIpc) is 2.54. The molecule has 0 saturated heterocycles. The molecule has 0 saturated carbocycles. The standard InChI is InChI=1S/C12H15ClN2/c1-9-12(15(2)8-7-13)10-5-3-4-6-11(10)14-9/h3-6,14H,7-8H2,1-2H3. The van der Waals surface area contributed by atoms with Gasteiger partial charge < -0.3 is 9.88 Å². The molecule has 0 atom stereocenters. The molecular formula is C12H15ClN2. The van der Waals surface area contributed by atoms with Gasteiger partial charge in [-0.1, -0.05) is 18.2 Å². The second-order valence-electron chi connectivity index (χ2n) is 3.75. The number of fused-ring (bicyclic) bond motifs is 1. The zero-order valence-electron chi connectivity index (χ0n) is 9.05. The second kappa shape index (κ2) is 4.15. The van der Waals surface area contributed by atoms with Crippen molar-refractivity contribution in [1.29, 1.82) is 0 Å². The van der Waals surface area contributed by atoms with Crippen molar-refractivity contribution < 1.29 is 0 Å². The number of halogens is 1. The van der Waals surface area contributed by atoms with E-state index in [9.17, 15) is 0 Å². The van der Waals surface area contributed by atoms with Gasteiger partial charge in [-0.2, -0.15) is 0 Å². The molecule has 1 aromatic heterocycles. The molecular weight excluding hydrogens is 208 g/mol. The fourth-order valence-corrected chi connectivity index (χ4v) is 2.25. The van der Waals surface area contributed by atoms with Gasteiger partial charge in [0.25, 0.3) is 0 Å². The van der Waals surface area contributed by atoms with Gasteiger partial charge in [-0.3, -0.25) is 0 Å². The van der Waals surface area contributed by atoms with Gasteiger partial charge in [0.05, 0.1) is 5.69 Å². The van der Waals surface area contributed by atoms with Gasteiger partial charge in [0.1, 0.15) is 0 Å². The van der Waals surface area contributed by atoms with Crippen LogP contribution in [-0.4, -0.2) is 24.5 Å². The van der Waals surface area contributed by atoms with Crippen LogP contribution in [0.5, 0.6) is 0 Å². The molecule has 2 aromatic rings. The second-order valence-corrected chi connectivity index (χ2v) is 4.13. The lowest BCUT2D eigenvalue weighted by molar-refractivity contribution is 0.970. The number of nitrogens with one attached hydrogen (secondary N) is 1. The first kappa shape index (κ1) is 10.4. The summed E-state index contributed by atoms with van der Waals surface area (Å²) in [6, 6.07) is 8.34. The topological polar surface area (TPSA) is 19.0 Å². The Bertz CT molecular complexity index is 462. The van der Waals surface area contributed by atoms with Gasteiger partial charge in [-0.25, -0.2) is 0 Å². The van der Waals surface area contributed by atoms with E-state index in [2.05, 4.69) is 42.1 Å². The predicted octanol–water partition coefficient (Wildman–Crippen LogP) is 3.15. The Balaban J connectivity index is 2.53. The Morgan fingerprint density at radius 2 is 2.07 bits per heavy atom. The number of nitrogens with zero attached hydrogens (tertiary/aromatic N) is 1. The predicted molar refractivity (Wildman–Crippen MR) is 67.0 cm³/mol. The number of aromatic amines is 1. The van der Waals surface area contributed by atoms with Gasteiger partial charge in [-0.05, 0) is 13.0 Å². The number of benzene rings is 1. The van der Waals surface area contributed by atoms with Crippen LogP contribution in [0.25, 0.3) is 10.9 Å². The molecule has 0 aliphatic rings. The fraction of sp³-hybridized carbons (Fsp3) is 0.333. The molecule has 2 rings (SSSR count). The average molecular weight is 223 g/mol. The molecule has 0 spiro atoms. The van der Waals surface area contributed by atoms with Crippen LogP contribution >= 0.6 is 11.6 Å². The molecule has 0 radical (unpaired) electrons. The number of aryl methyl sites for hydroxylation is 1. The highest BCUT2D eigenvalue weighted by molar-refractivity contribution is 6.18. The van der Waals surface area contributed by atoms with Crippen molar-refractivity contribution in [3.05, 3.63) is 30.0 Å². The SMILES string of the molecule is Cc1[nH]c2ccccc2c1N(C)CCCl. The van der Waals surface area contributed by atoms with Gasteiger partial charge in [0.2, 0.25) is 0 Å². The Kier molecular flexibility index (Phi) is 2.87. The van der Waals surface area contributed by atoms with Crippen LogP contribution in [0.1, 0.15) is 5.69 Å². The Labute approximate surface area is 94.8 Å². The summed E-state index contributed by atoms with van der Waals surface area (Å²) in [5, 5.41) is 1.27. The number of anilines is 1. The number of aromatic nitrogens is 1. The molecule has 0 fully saturated rings. The maximum atomic E-state index is 5.76. The van der Waals surface area contributed by atoms with Crippen molar-refractivity contribution in [3.8, 4) is 0 Å². The van der Waals surface area contributed by atoms with E-state index in [-0.39, 0.29) is 0 Å². The monoisotopic (exact) mass is 222 g/mol. The van der Waals surface area contributed by atoms with Crippen molar-refractivity contribution >= 4 is 28.2 Å². The molecule has 0 bridgehead atoms. The maximum absolute atomic E-state index is 5.76. The summed E-state index contributed by atoms with van der Waals surface area (Å²) in [6.45, 7) is 2.96. The third-order valence-corrected chi connectivity index (χ3v) is 2.83. The van der Waals surface area contributed by atoms with Crippen molar-refractivity contribution in [3.63, 3.8) is 0 Å². The van der Waals surface area contributed by atoms with Crippen LogP contribution in [0.2, 0.25) is 0 Å². The van der Waals surface area contributed by atoms with E-state index in [4.69, 9.17) is 11.6 Å². The molecule has 0 aliphatic heterocycles. The molecule has 2 nitrogen and oxygen atoms in total. The van der Waals surface area contributed by atoms with E-state index in [0.29, 0.717) is 5.88 Å². The number of alkyl halides is 1. The minimum absolute atomic E-state index is 0.648. The fourth-order valence-electron chi connectivity index (χ4n) is 1.99. The first-order valence-corrected chi connectivity index (χ1v) is 5.62. The van der Waals surface area contributed by atoms with Crippen LogP contribution < -0.4 is 4.90 Å². The van der Waals surface area contributed by atoms with Crippen molar-refractivity contribution in [1.82, 2.24) is 4.98 Å². The van der Waals surface area contributed by atoms with Crippen LogP contribution in [0.3, 0.4) is 0 Å². The number of hydrogen-bond donors (Lipinski definition) is 1. The highest BCUT2D eigenvalue weighted by Gasteiger charge is 2.10. The highest BCUT2D eigenvalue weighted by Crippen LogP contribution is 2.29. The zero-order valence-corrected chi connectivity index (χ0v) is 9.80. The van der Waals surface area contributed by atoms with Gasteiger partial charge in [0, 0.05) is 36.1 Å². The van der Waals surface area contributed by atoms with Crippen LogP contribution in [0, 0.1) is 6.92 Å².